The number of anilines is 2. The minimum atomic E-state index is 0.568. The molecule has 266 valence electrons. The summed E-state index contributed by atoms with van der Waals surface area (Å²) >= 11 is 0. The molecule has 0 aliphatic carbocycles. The summed E-state index contributed by atoms with van der Waals surface area (Å²) in [6, 6.07) is 52.8. The first-order valence-corrected chi connectivity index (χ1v) is 19.1. The number of fused-ring (bicyclic) bond motifs is 3. The van der Waals surface area contributed by atoms with Crippen molar-refractivity contribution in [2.45, 2.75) is 6.92 Å². The quantitative estimate of drug-likeness (QED) is 0.113. The van der Waals surface area contributed by atoms with E-state index in [0.717, 1.165) is 61.0 Å². The van der Waals surface area contributed by atoms with Crippen LogP contribution in [0.3, 0.4) is 0 Å². The van der Waals surface area contributed by atoms with Crippen LogP contribution in [-0.2, 0) is 0 Å². The SMILES string of the molecule is B/C(C)=C/C(B)=C(B)\C(B)=C\c1ccccc1N(C)c1cc2c(cc1-c1ccccc1)c1ccccc1n2-c1nc(-c2ccccc2)nc(-c2ccccc2)n1. The molecule has 8 aromatic rings. The summed E-state index contributed by atoms with van der Waals surface area (Å²) in [7, 11) is 10.9. The van der Waals surface area contributed by atoms with Gasteiger partial charge in [0.05, 0.1) is 16.7 Å². The number of nitrogens with zero attached hydrogens (tertiary/aromatic N) is 5. The van der Waals surface area contributed by atoms with Gasteiger partial charge in [-0.25, -0.2) is 4.98 Å². The molecule has 0 saturated heterocycles. The van der Waals surface area contributed by atoms with Crippen LogP contribution in [-0.4, -0.2) is 58.0 Å². The Balaban J connectivity index is 1.39. The number of hydrogen-bond donors (Lipinski definition) is 0. The molecule has 5 nitrogen and oxygen atoms in total. The third kappa shape index (κ3) is 7.16. The predicted molar refractivity (Wildman–Crippen MR) is 248 cm³/mol. The Labute approximate surface area is 332 Å². The van der Waals surface area contributed by atoms with Gasteiger partial charge in [0.2, 0.25) is 5.95 Å². The summed E-state index contributed by atoms with van der Waals surface area (Å²) in [6.07, 6.45) is 4.56. The van der Waals surface area contributed by atoms with Crippen LogP contribution in [0.1, 0.15) is 12.5 Å². The number of hydrogen-bond acceptors (Lipinski definition) is 4. The highest BCUT2D eigenvalue weighted by Crippen LogP contribution is 2.42. The van der Waals surface area contributed by atoms with E-state index in [2.05, 4.69) is 158 Å². The first-order valence-electron chi connectivity index (χ1n) is 19.1. The third-order valence-corrected chi connectivity index (χ3v) is 10.5. The van der Waals surface area contributed by atoms with E-state index >= 15 is 0 Å². The smallest absolute Gasteiger partial charge is 0.238 e. The first-order chi connectivity index (χ1) is 27.3. The molecule has 6 aromatic carbocycles. The predicted octanol–water partition coefficient (Wildman–Crippen LogP) is 7.73. The second-order valence-corrected chi connectivity index (χ2v) is 14.6. The van der Waals surface area contributed by atoms with Gasteiger partial charge in [-0.2, -0.15) is 9.97 Å². The minimum Gasteiger partial charge on any atom is -0.344 e. The molecule has 0 spiro atoms. The second-order valence-electron chi connectivity index (χ2n) is 14.6. The molecule has 8 rings (SSSR count). The lowest BCUT2D eigenvalue weighted by atomic mass is 9.69. The van der Waals surface area contributed by atoms with Gasteiger partial charge in [-0.05, 0) is 35.4 Å². The molecule has 0 saturated carbocycles. The zero-order chi connectivity index (χ0) is 38.8. The van der Waals surface area contributed by atoms with Gasteiger partial charge in [0.25, 0.3) is 0 Å². The van der Waals surface area contributed by atoms with Crippen LogP contribution >= 0.6 is 0 Å². The highest BCUT2D eigenvalue weighted by atomic mass is 15.2. The maximum atomic E-state index is 5.19. The molecule has 0 N–H and O–H groups in total. The maximum Gasteiger partial charge on any atom is 0.238 e. The van der Waals surface area contributed by atoms with E-state index in [1.807, 2.05) is 60.7 Å². The second kappa shape index (κ2) is 15.6. The maximum absolute atomic E-state index is 5.19. The van der Waals surface area contributed by atoms with Gasteiger partial charge < -0.3 is 4.90 Å². The summed E-state index contributed by atoms with van der Waals surface area (Å²) in [6.45, 7) is 2.14. The number of para-hydroxylation sites is 2. The van der Waals surface area contributed by atoms with Crippen LogP contribution in [0, 0.1) is 0 Å². The van der Waals surface area contributed by atoms with Crippen molar-refractivity contribution in [2.75, 3.05) is 11.9 Å². The minimum absolute atomic E-state index is 0.568. The molecule has 56 heavy (non-hydrogen) atoms. The van der Waals surface area contributed by atoms with Gasteiger partial charge in [0.1, 0.15) is 31.4 Å². The fraction of sp³-hybridized carbons (Fsp3) is 0.0426. The fourth-order valence-electron chi connectivity index (χ4n) is 7.48. The molecule has 0 aliphatic rings. The molecule has 0 atom stereocenters. The van der Waals surface area contributed by atoms with Gasteiger partial charge in [-0.15, -0.1) is 10.9 Å². The molecule has 9 heteroatoms. The summed E-state index contributed by atoms with van der Waals surface area (Å²) in [4.78, 5) is 17.7. The Hall–Kier alpha value is -6.59. The van der Waals surface area contributed by atoms with Crippen LogP contribution in [0.2, 0.25) is 0 Å². The molecular formula is C47H41B4N5. The zero-order valence-corrected chi connectivity index (χ0v) is 32.8. The van der Waals surface area contributed by atoms with Crippen LogP contribution in [0.15, 0.2) is 180 Å². The number of benzene rings is 6. The van der Waals surface area contributed by atoms with E-state index in [4.69, 9.17) is 15.0 Å². The number of rotatable bonds is 9. The lowest BCUT2D eigenvalue weighted by Crippen LogP contribution is -2.13. The van der Waals surface area contributed by atoms with E-state index < -0.39 is 0 Å². The molecule has 0 amide bonds. The Kier molecular flexibility index (Phi) is 10.2. The molecule has 0 fully saturated rings. The van der Waals surface area contributed by atoms with E-state index in [-0.39, 0.29) is 0 Å². The van der Waals surface area contributed by atoms with Crippen LogP contribution < -0.4 is 4.90 Å². The molecule has 2 aromatic heterocycles. The van der Waals surface area contributed by atoms with Gasteiger partial charge in [-0.1, -0.05) is 157 Å². The Morgan fingerprint density at radius 3 is 1.75 bits per heavy atom. The zero-order valence-electron chi connectivity index (χ0n) is 32.8. The fourth-order valence-corrected chi connectivity index (χ4v) is 7.48. The van der Waals surface area contributed by atoms with Crippen molar-refractivity contribution in [3.63, 3.8) is 0 Å². The molecule has 0 bridgehead atoms. The van der Waals surface area contributed by atoms with E-state index in [0.29, 0.717) is 17.6 Å². The monoisotopic (exact) mass is 719 g/mol. The highest BCUT2D eigenvalue weighted by molar-refractivity contribution is 6.43. The van der Waals surface area contributed by atoms with Crippen molar-refractivity contribution in [2.24, 2.45) is 0 Å². The summed E-state index contributed by atoms with van der Waals surface area (Å²) in [5, 5.41) is 2.25. The van der Waals surface area contributed by atoms with Crippen LogP contribution in [0.4, 0.5) is 11.4 Å². The van der Waals surface area contributed by atoms with E-state index in [9.17, 15) is 0 Å². The number of aromatic nitrogens is 4. The van der Waals surface area contributed by atoms with Gasteiger partial charge >= 0.3 is 0 Å². The van der Waals surface area contributed by atoms with Gasteiger partial charge in [0, 0.05) is 40.2 Å². The third-order valence-electron chi connectivity index (χ3n) is 10.5. The van der Waals surface area contributed by atoms with Crippen molar-refractivity contribution < 1.29 is 0 Å². The van der Waals surface area contributed by atoms with E-state index in [1.165, 1.54) is 21.9 Å². The Bertz CT molecular complexity index is 2750. The summed E-state index contributed by atoms with van der Waals surface area (Å²) in [5.74, 6) is 1.82. The number of allylic oxidation sites excluding steroid dienone is 5. The molecule has 0 unspecified atom stereocenters. The molecule has 2 heterocycles. The average Bonchev–Trinajstić information content (AvgIpc) is 3.56. The van der Waals surface area contributed by atoms with Crippen molar-refractivity contribution in [3.05, 3.63) is 185 Å². The van der Waals surface area contributed by atoms with Crippen LogP contribution in [0.25, 0.3) is 67.7 Å². The van der Waals surface area contributed by atoms with E-state index in [1.54, 1.807) is 0 Å². The van der Waals surface area contributed by atoms with Crippen molar-refractivity contribution in [1.82, 2.24) is 19.5 Å². The van der Waals surface area contributed by atoms with Crippen molar-refractivity contribution in [3.8, 4) is 39.9 Å². The molecule has 0 radical (unpaired) electrons. The Morgan fingerprint density at radius 1 is 0.571 bits per heavy atom. The Morgan fingerprint density at radius 2 is 1.12 bits per heavy atom. The lowest BCUT2D eigenvalue weighted by Gasteiger charge is -2.25. The largest absolute Gasteiger partial charge is 0.344 e. The van der Waals surface area contributed by atoms with Gasteiger partial charge in [-0.3, -0.25) is 4.57 Å². The highest BCUT2D eigenvalue weighted by Gasteiger charge is 2.22. The topological polar surface area (TPSA) is 46.8 Å². The lowest BCUT2D eigenvalue weighted by molar-refractivity contribution is 0.953. The molecular weight excluding hydrogens is 678 g/mol. The summed E-state index contributed by atoms with van der Waals surface area (Å²) in [5.41, 5.74) is 14.6. The van der Waals surface area contributed by atoms with Gasteiger partial charge in [0.15, 0.2) is 11.6 Å². The molecule has 0 aliphatic heterocycles. The average molecular weight is 719 g/mol. The standard InChI is InChI=1S/C47H41B4N5/c1-30(48)26-38(49)44(51)39(50)27-34-22-12-14-24-40(34)55(2)42-29-43-37(28-36(42)31-16-6-3-7-17-31)35-23-13-15-25-41(35)56(43)47-53-45(32-18-8-4-9-19-32)52-46(54-47)33-20-10-5-11-21-33/h3-29H,48-51H2,1-2H3/b30-26+,39-27-,44-38-. The normalized spacial score (nSPS) is 12.5. The van der Waals surface area contributed by atoms with Crippen LogP contribution in [0.5, 0.6) is 0 Å². The van der Waals surface area contributed by atoms with Crippen molar-refractivity contribution >= 4 is 70.6 Å². The van der Waals surface area contributed by atoms with Crippen molar-refractivity contribution in [1.29, 1.82) is 0 Å². The first kappa shape index (κ1) is 36.4. The summed E-state index contributed by atoms with van der Waals surface area (Å²) < 4.78 is 2.20.